The van der Waals surface area contributed by atoms with Crippen molar-refractivity contribution in [1.82, 2.24) is 4.90 Å². The van der Waals surface area contributed by atoms with Crippen LogP contribution >= 0.6 is 0 Å². The summed E-state index contributed by atoms with van der Waals surface area (Å²) >= 11 is 0. The number of morpholine rings is 1. The second-order valence-electron chi connectivity index (χ2n) is 7.57. The minimum absolute atomic E-state index is 0.0453. The van der Waals surface area contributed by atoms with Gasteiger partial charge in [-0.2, -0.15) is 0 Å². The van der Waals surface area contributed by atoms with E-state index in [4.69, 9.17) is 14.2 Å². The molecule has 0 amide bonds. The molecule has 0 aromatic heterocycles. The lowest BCUT2D eigenvalue weighted by Gasteiger charge is -2.48. The highest BCUT2D eigenvalue weighted by atomic mass is 16.5. The molecule has 0 radical (unpaired) electrons. The normalized spacial score (nSPS) is 24.6. The molecule has 148 valence electrons. The third kappa shape index (κ3) is 3.64. The largest absolute Gasteiger partial charge is 0.496 e. The molecule has 2 saturated heterocycles. The van der Waals surface area contributed by atoms with Crippen molar-refractivity contribution in [2.45, 2.75) is 31.5 Å². The van der Waals surface area contributed by atoms with Gasteiger partial charge in [0.1, 0.15) is 17.1 Å². The standard InChI is InChI=1S/C23H27NO4/c1-26-20-9-6-10-21(27-2)22(20)23(25)17-11-18-14-28-15-19(12-17)24(18)13-16-7-4-3-5-8-16/h3-10,17-19H,11-15H2,1-2H3. The minimum Gasteiger partial charge on any atom is -0.496 e. The van der Waals surface area contributed by atoms with Gasteiger partial charge in [-0.25, -0.2) is 0 Å². The molecule has 0 aliphatic carbocycles. The Morgan fingerprint density at radius 1 is 0.964 bits per heavy atom. The van der Waals surface area contributed by atoms with Gasteiger partial charge in [-0.05, 0) is 30.5 Å². The smallest absolute Gasteiger partial charge is 0.173 e. The Kier molecular flexibility index (Phi) is 5.64. The number of methoxy groups -OCH3 is 2. The van der Waals surface area contributed by atoms with Crippen molar-refractivity contribution in [3.05, 3.63) is 59.7 Å². The second-order valence-corrected chi connectivity index (χ2v) is 7.57. The number of rotatable bonds is 6. The summed E-state index contributed by atoms with van der Waals surface area (Å²) in [6, 6.07) is 16.5. The van der Waals surface area contributed by atoms with Gasteiger partial charge in [-0.1, -0.05) is 36.4 Å². The SMILES string of the molecule is COc1cccc(OC)c1C(=O)C1CC2COCC(C1)N2Cc1ccccc1. The number of ether oxygens (including phenoxy) is 3. The summed E-state index contributed by atoms with van der Waals surface area (Å²) < 4.78 is 16.7. The molecule has 5 heteroatoms. The van der Waals surface area contributed by atoms with Crippen molar-refractivity contribution in [2.75, 3.05) is 27.4 Å². The van der Waals surface area contributed by atoms with E-state index in [0.29, 0.717) is 30.3 Å². The molecule has 2 aromatic rings. The average molecular weight is 381 g/mol. The maximum Gasteiger partial charge on any atom is 0.173 e. The molecule has 0 N–H and O–H groups in total. The number of nitrogens with zero attached hydrogens (tertiary/aromatic N) is 1. The van der Waals surface area contributed by atoms with Gasteiger partial charge in [0, 0.05) is 24.5 Å². The Morgan fingerprint density at radius 3 is 2.14 bits per heavy atom. The van der Waals surface area contributed by atoms with Crippen molar-refractivity contribution in [3.63, 3.8) is 0 Å². The quantitative estimate of drug-likeness (QED) is 0.716. The number of hydrogen-bond acceptors (Lipinski definition) is 5. The molecular formula is C23H27NO4. The van der Waals surface area contributed by atoms with Crippen LogP contribution in [0.25, 0.3) is 0 Å². The number of hydrogen-bond donors (Lipinski definition) is 0. The molecule has 2 unspecified atom stereocenters. The number of Topliss-reactive ketones (excluding diaryl/α,β-unsaturated/α-hetero) is 1. The fourth-order valence-electron chi connectivity index (χ4n) is 4.55. The fraction of sp³-hybridized carbons (Fsp3) is 0.435. The van der Waals surface area contributed by atoms with Crippen molar-refractivity contribution < 1.29 is 19.0 Å². The zero-order valence-corrected chi connectivity index (χ0v) is 16.5. The van der Waals surface area contributed by atoms with Gasteiger partial charge in [0.2, 0.25) is 0 Å². The molecule has 2 bridgehead atoms. The number of fused-ring (bicyclic) bond motifs is 2. The van der Waals surface area contributed by atoms with Crippen LogP contribution in [-0.4, -0.2) is 50.2 Å². The Labute approximate surface area is 166 Å². The number of ketones is 1. The highest BCUT2D eigenvalue weighted by Crippen LogP contribution is 2.38. The van der Waals surface area contributed by atoms with Crippen LogP contribution < -0.4 is 9.47 Å². The van der Waals surface area contributed by atoms with E-state index >= 15 is 0 Å². The van der Waals surface area contributed by atoms with Crippen molar-refractivity contribution in [1.29, 1.82) is 0 Å². The lowest BCUT2D eigenvalue weighted by molar-refractivity contribution is -0.0873. The van der Waals surface area contributed by atoms with Crippen molar-refractivity contribution in [3.8, 4) is 11.5 Å². The minimum atomic E-state index is -0.0453. The van der Waals surface area contributed by atoms with Crippen LogP contribution in [0, 0.1) is 5.92 Å². The van der Waals surface area contributed by atoms with Crippen LogP contribution in [0.2, 0.25) is 0 Å². The molecule has 2 heterocycles. The average Bonchev–Trinajstić information content (AvgIpc) is 2.73. The number of carbonyl (C=O) groups is 1. The number of piperidine rings is 1. The molecule has 4 rings (SSSR count). The summed E-state index contributed by atoms with van der Waals surface area (Å²) in [7, 11) is 3.19. The van der Waals surface area contributed by atoms with Crippen LogP contribution in [0.4, 0.5) is 0 Å². The Hall–Kier alpha value is -2.37. The zero-order valence-electron chi connectivity index (χ0n) is 16.5. The number of benzene rings is 2. The summed E-state index contributed by atoms with van der Waals surface area (Å²) in [5, 5.41) is 0. The first-order valence-corrected chi connectivity index (χ1v) is 9.84. The van der Waals surface area contributed by atoms with E-state index in [1.807, 2.05) is 24.3 Å². The van der Waals surface area contributed by atoms with E-state index in [-0.39, 0.29) is 23.8 Å². The van der Waals surface area contributed by atoms with Crippen LogP contribution in [-0.2, 0) is 11.3 Å². The highest BCUT2D eigenvalue weighted by molar-refractivity contribution is 6.03. The summed E-state index contributed by atoms with van der Waals surface area (Å²) in [4.78, 5) is 16.0. The Morgan fingerprint density at radius 2 is 1.57 bits per heavy atom. The molecular weight excluding hydrogens is 354 g/mol. The van der Waals surface area contributed by atoms with E-state index in [2.05, 4.69) is 29.2 Å². The van der Waals surface area contributed by atoms with Crippen LogP contribution in [0.3, 0.4) is 0 Å². The third-order valence-corrected chi connectivity index (χ3v) is 5.92. The summed E-state index contributed by atoms with van der Waals surface area (Å²) in [5.74, 6) is 1.23. The third-order valence-electron chi connectivity index (χ3n) is 5.92. The van der Waals surface area contributed by atoms with Gasteiger partial charge in [-0.15, -0.1) is 0 Å². The summed E-state index contributed by atoms with van der Waals surface area (Å²) in [6.07, 6.45) is 1.59. The van der Waals surface area contributed by atoms with E-state index in [9.17, 15) is 4.79 Å². The van der Waals surface area contributed by atoms with Gasteiger partial charge >= 0.3 is 0 Å². The van der Waals surface area contributed by atoms with E-state index < -0.39 is 0 Å². The number of carbonyl (C=O) groups excluding carboxylic acids is 1. The second kappa shape index (κ2) is 8.33. The molecule has 2 atom stereocenters. The molecule has 2 aromatic carbocycles. The van der Waals surface area contributed by atoms with Gasteiger partial charge < -0.3 is 14.2 Å². The van der Waals surface area contributed by atoms with E-state index in [0.717, 1.165) is 19.4 Å². The maximum absolute atomic E-state index is 13.4. The topological polar surface area (TPSA) is 48.0 Å². The van der Waals surface area contributed by atoms with E-state index in [1.165, 1.54) is 5.56 Å². The summed E-state index contributed by atoms with van der Waals surface area (Å²) in [5.41, 5.74) is 1.86. The lowest BCUT2D eigenvalue weighted by atomic mass is 9.80. The van der Waals surface area contributed by atoms with Gasteiger partial charge in [-0.3, -0.25) is 9.69 Å². The Balaban J connectivity index is 1.55. The molecule has 2 aliphatic rings. The van der Waals surface area contributed by atoms with Gasteiger partial charge in [0.05, 0.1) is 27.4 Å². The van der Waals surface area contributed by atoms with Crippen LogP contribution in [0.5, 0.6) is 11.5 Å². The first-order valence-electron chi connectivity index (χ1n) is 9.84. The monoisotopic (exact) mass is 381 g/mol. The highest BCUT2D eigenvalue weighted by Gasteiger charge is 2.42. The lowest BCUT2D eigenvalue weighted by Crippen LogP contribution is -2.57. The molecule has 0 saturated carbocycles. The van der Waals surface area contributed by atoms with Crippen molar-refractivity contribution in [2.24, 2.45) is 5.92 Å². The zero-order chi connectivity index (χ0) is 19.5. The molecule has 2 aliphatic heterocycles. The maximum atomic E-state index is 13.4. The first kappa shape index (κ1) is 19.0. The van der Waals surface area contributed by atoms with Gasteiger partial charge in [0.25, 0.3) is 0 Å². The van der Waals surface area contributed by atoms with Crippen LogP contribution in [0.15, 0.2) is 48.5 Å². The molecule has 0 spiro atoms. The van der Waals surface area contributed by atoms with Crippen molar-refractivity contribution >= 4 is 5.78 Å². The van der Waals surface area contributed by atoms with E-state index in [1.54, 1.807) is 14.2 Å². The fourth-order valence-corrected chi connectivity index (χ4v) is 4.55. The van der Waals surface area contributed by atoms with Gasteiger partial charge in [0.15, 0.2) is 5.78 Å². The predicted octanol–water partition coefficient (Wildman–Crippen LogP) is 3.57. The van der Waals surface area contributed by atoms with Crippen LogP contribution in [0.1, 0.15) is 28.8 Å². The predicted molar refractivity (Wildman–Crippen MR) is 107 cm³/mol. The molecule has 28 heavy (non-hydrogen) atoms. The first-order chi connectivity index (χ1) is 13.7. The molecule has 5 nitrogen and oxygen atoms in total. The molecule has 2 fully saturated rings. The summed E-state index contributed by atoms with van der Waals surface area (Å²) in [6.45, 7) is 2.25. The Bertz CT molecular complexity index is 786.